The largest absolute Gasteiger partial charge is 0.147 e. The van der Waals surface area contributed by atoms with E-state index < -0.39 is 0 Å². The summed E-state index contributed by atoms with van der Waals surface area (Å²) < 4.78 is 0. The summed E-state index contributed by atoms with van der Waals surface area (Å²) in [7, 11) is 0. The Balaban J connectivity index is 2.43. The first-order valence-corrected chi connectivity index (χ1v) is 7.83. The molecule has 0 fully saturated rings. The van der Waals surface area contributed by atoms with Crippen molar-refractivity contribution in [2.75, 3.05) is 0 Å². The van der Waals surface area contributed by atoms with Crippen LogP contribution < -0.4 is 0 Å². The van der Waals surface area contributed by atoms with Gasteiger partial charge in [0.25, 0.3) is 0 Å². The Kier molecular flexibility index (Phi) is 3.92. The van der Waals surface area contributed by atoms with Gasteiger partial charge in [0, 0.05) is 19.5 Å². The zero-order chi connectivity index (χ0) is 12.4. The third-order valence-electron chi connectivity index (χ3n) is 2.53. The van der Waals surface area contributed by atoms with Gasteiger partial charge in [0.1, 0.15) is 0 Å². The van der Waals surface area contributed by atoms with Crippen molar-refractivity contribution < 1.29 is 0 Å². The molecule has 0 saturated carbocycles. The first-order chi connectivity index (χ1) is 8.17. The third-order valence-corrected chi connectivity index (χ3v) is 6.14. The van der Waals surface area contributed by atoms with Crippen LogP contribution in [-0.2, 0) is 0 Å². The Bertz CT molecular complexity index is 508. The van der Waals surface area contributed by atoms with Crippen molar-refractivity contribution in [3.63, 3.8) is 0 Å². The first kappa shape index (κ1) is 12.7. The summed E-state index contributed by atoms with van der Waals surface area (Å²) in [6.45, 7) is 12.1. The van der Waals surface area contributed by atoms with Crippen LogP contribution >= 0.6 is 34.4 Å². The van der Waals surface area contributed by atoms with Crippen LogP contribution in [0.15, 0.2) is 33.7 Å². The molecule has 0 bridgehead atoms. The lowest BCUT2D eigenvalue weighted by Crippen LogP contribution is -1.79. The summed E-state index contributed by atoms with van der Waals surface area (Å²) in [5, 5.41) is 4.33. The monoisotopic (exact) mass is 278 g/mol. The van der Waals surface area contributed by atoms with Gasteiger partial charge in [0.2, 0.25) is 0 Å². The Labute approximate surface area is 115 Å². The maximum Gasteiger partial charge on any atom is 0.0331 e. The Morgan fingerprint density at radius 2 is 1.35 bits per heavy atom. The van der Waals surface area contributed by atoms with Gasteiger partial charge < -0.3 is 0 Å². The Morgan fingerprint density at radius 1 is 0.941 bits per heavy atom. The van der Waals surface area contributed by atoms with Gasteiger partial charge in [0.15, 0.2) is 0 Å². The van der Waals surface area contributed by atoms with Crippen molar-refractivity contribution in [3.05, 3.63) is 44.8 Å². The molecule has 0 radical (unpaired) electrons. The molecule has 2 aromatic rings. The van der Waals surface area contributed by atoms with Crippen molar-refractivity contribution in [1.82, 2.24) is 0 Å². The molecule has 0 aliphatic carbocycles. The minimum atomic E-state index is 1.23. The van der Waals surface area contributed by atoms with E-state index in [9.17, 15) is 0 Å². The highest BCUT2D eigenvalue weighted by atomic mass is 32.2. The van der Waals surface area contributed by atoms with Crippen LogP contribution in [0, 0.1) is 13.8 Å². The van der Waals surface area contributed by atoms with E-state index in [2.05, 4.69) is 37.8 Å². The van der Waals surface area contributed by atoms with E-state index in [1.54, 1.807) is 22.7 Å². The zero-order valence-corrected chi connectivity index (χ0v) is 12.4. The smallest absolute Gasteiger partial charge is 0.0331 e. The topological polar surface area (TPSA) is 0 Å². The molecule has 2 aromatic heterocycles. The first-order valence-electron chi connectivity index (χ1n) is 5.26. The highest BCUT2D eigenvalue weighted by molar-refractivity contribution is 7.99. The molecule has 0 aliphatic heterocycles. The molecule has 0 nitrogen and oxygen atoms in total. The van der Waals surface area contributed by atoms with E-state index in [0.717, 1.165) is 0 Å². The summed E-state index contributed by atoms with van der Waals surface area (Å²) in [4.78, 5) is 5.36. The lowest BCUT2D eigenvalue weighted by molar-refractivity contribution is 1.35. The number of hydrogen-bond acceptors (Lipinski definition) is 3. The average molecular weight is 278 g/mol. The second-order valence-electron chi connectivity index (χ2n) is 3.66. The van der Waals surface area contributed by atoms with Crippen molar-refractivity contribution in [2.45, 2.75) is 23.6 Å². The molecule has 0 spiro atoms. The second kappa shape index (κ2) is 5.25. The average Bonchev–Trinajstić information content (AvgIpc) is 2.85. The van der Waals surface area contributed by atoms with Gasteiger partial charge in [-0.15, -0.1) is 22.7 Å². The van der Waals surface area contributed by atoms with Gasteiger partial charge in [-0.3, -0.25) is 0 Å². The van der Waals surface area contributed by atoms with Crippen LogP contribution in [-0.4, -0.2) is 0 Å². The SMILES string of the molecule is C=Cc1csc(C)c1Sc1c(C=C)csc1C. The number of thiophene rings is 2. The molecule has 0 saturated heterocycles. The van der Waals surface area contributed by atoms with Crippen LogP contribution in [0.5, 0.6) is 0 Å². The molecule has 0 aromatic carbocycles. The van der Waals surface area contributed by atoms with Crippen LogP contribution in [0.25, 0.3) is 12.2 Å². The van der Waals surface area contributed by atoms with Crippen LogP contribution in [0.2, 0.25) is 0 Å². The summed E-state index contributed by atoms with van der Waals surface area (Å²) in [6, 6.07) is 0. The van der Waals surface area contributed by atoms with E-state index in [4.69, 9.17) is 0 Å². The van der Waals surface area contributed by atoms with Gasteiger partial charge in [-0.2, -0.15) is 0 Å². The van der Waals surface area contributed by atoms with Crippen molar-refractivity contribution >= 4 is 46.6 Å². The van der Waals surface area contributed by atoms with Crippen molar-refractivity contribution in [3.8, 4) is 0 Å². The van der Waals surface area contributed by atoms with E-state index >= 15 is 0 Å². The minimum Gasteiger partial charge on any atom is -0.147 e. The van der Waals surface area contributed by atoms with Gasteiger partial charge in [0.05, 0.1) is 0 Å². The maximum absolute atomic E-state index is 3.87. The van der Waals surface area contributed by atoms with Crippen molar-refractivity contribution in [2.24, 2.45) is 0 Å². The summed E-state index contributed by atoms with van der Waals surface area (Å²) in [5.74, 6) is 0. The Morgan fingerprint density at radius 3 is 1.71 bits per heavy atom. The highest BCUT2D eigenvalue weighted by Gasteiger charge is 2.13. The Hall–Kier alpha value is -0.770. The highest BCUT2D eigenvalue weighted by Crippen LogP contribution is 2.42. The number of hydrogen-bond donors (Lipinski definition) is 0. The zero-order valence-electron chi connectivity index (χ0n) is 9.95. The molecule has 0 N–H and O–H groups in total. The predicted molar refractivity (Wildman–Crippen MR) is 82.4 cm³/mol. The molecule has 2 heterocycles. The lowest BCUT2D eigenvalue weighted by Gasteiger charge is -2.04. The summed E-state index contributed by atoms with van der Waals surface area (Å²) in [6.07, 6.45) is 3.86. The van der Waals surface area contributed by atoms with Crippen LogP contribution in [0.4, 0.5) is 0 Å². The molecule has 88 valence electrons. The maximum atomic E-state index is 3.87. The molecule has 0 aliphatic rings. The molecular formula is C14H14S3. The summed E-state index contributed by atoms with van der Waals surface area (Å²) >= 11 is 5.40. The molecule has 0 unspecified atom stereocenters. The van der Waals surface area contributed by atoms with E-state index in [-0.39, 0.29) is 0 Å². The second-order valence-corrected chi connectivity index (χ2v) is 6.85. The summed E-state index contributed by atoms with van der Waals surface area (Å²) in [5.41, 5.74) is 2.47. The predicted octanol–water partition coefficient (Wildman–Crippen LogP) is 5.86. The molecule has 0 atom stereocenters. The number of rotatable bonds is 4. The van der Waals surface area contributed by atoms with E-state index in [1.807, 2.05) is 23.9 Å². The third kappa shape index (κ3) is 2.41. The fourth-order valence-electron chi connectivity index (χ4n) is 1.57. The van der Waals surface area contributed by atoms with Crippen LogP contribution in [0.3, 0.4) is 0 Å². The lowest BCUT2D eigenvalue weighted by atomic mass is 10.3. The van der Waals surface area contributed by atoms with Gasteiger partial charge in [-0.05, 0) is 35.7 Å². The van der Waals surface area contributed by atoms with E-state index in [1.165, 1.54) is 30.7 Å². The van der Waals surface area contributed by atoms with Gasteiger partial charge in [-0.25, -0.2) is 0 Å². The quantitative estimate of drug-likeness (QED) is 0.674. The van der Waals surface area contributed by atoms with E-state index in [0.29, 0.717) is 0 Å². The normalized spacial score (nSPS) is 10.5. The van der Waals surface area contributed by atoms with Crippen LogP contribution in [0.1, 0.15) is 20.9 Å². The minimum absolute atomic E-state index is 1.23. The fourth-order valence-corrected chi connectivity index (χ4v) is 4.75. The molecule has 3 heteroatoms. The van der Waals surface area contributed by atoms with Gasteiger partial charge >= 0.3 is 0 Å². The molecular weight excluding hydrogens is 264 g/mol. The van der Waals surface area contributed by atoms with Crippen molar-refractivity contribution in [1.29, 1.82) is 0 Å². The number of aryl methyl sites for hydroxylation is 2. The molecule has 17 heavy (non-hydrogen) atoms. The standard InChI is InChI=1S/C14H14S3/c1-5-11-7-15-9(3)13(11)17-14-10(4)16-8-12(14)6-2/h5-8H,1-2H2,3-4H3. The fraction of sp³-hybridized carbons (Fsp3) is 0.143. The van der Waals surface area contributed by atoms with Gasteiger partial charge in [-0.1, -0.05) is 37.1 Å². The molecule has 0 amide bonds. The molecule has 2 rings (SSSR count).